The molecule has 25 heavy (non-hydrogen) atoms. The molecule has 0 radical (unpaired) electrons. The van der Waals surface area contributed by atoms with Crippen LogP contribution in [0.4, 0.5) is 11.4 Å². The van der Waals surface area contributed by atoms with Gasteiger partial charge in [-0.1, -0.05) is 19.8 Å². The van der Waals surface area contributed by atoms with E-state index in [4.69, 9.17) is 5.26 Å². The summed E-state index contributed by atoms with van der Waals surface area (Å²) in [6, 6.07) is 10.4. The van der Waals surface area contributed by atoms with Crippen LogP contribution in [0.5, 0.6) is 0 Å². The molecule has 0 spiro atoms. The Labute approximate surface area is 151 Å². The molecule has 1 N–H and O–H groups in total. The molecular weight excluding hydrogens is 312 g/mol. The van der Waals surface area contributed by atoms with Gasteiger partial charge in [-0.2, -0.15) is 5.26 Å². The molecule has 1 aliphatic rings. The summed E-state index contributed by atoms with van der Waals surface area (Å²) in [6.45, 7) is 7.82. The van der Waals surface area contributed by atoms with Crippen LogP contribution in [-0.2, 0) is 4.79 Å². The van der Waals surface area contributed by atoms with Gasteiger partial charge in [-0.05, 0) is 50.6 Å². The van der Waals surface area contributed by atoms with E-state index in [0.717, 1.165) is 25.3 Å². The van der Waals surface area contributed by atoms with E-state index >= 15 is 0 Å². The van der Waals surface area contributed by atoms with Gasteiger partial charge in [-0.3, -0.25) is 9.69 Å². The monoisotopic (exact) mass is 342 g/mol. The van der Waals surface area contributed by atoms with Crippen molar-refractivity contribution in [3.63, 3.8) is 0 Å². The van der Waals surface area contributed by atoms with Crippen molar-refractivity contribution in [1.29, 1.82) is 5.26 Å². The highest BCUT2D eigenvalue weighted by Crippen LogP contribution is 2.21. The molecule has 1 unspecified atom stereocenters. The summed E-state index contributed by atoms with van der Waals surface area (Å²) in [5.41, 5.74) is 2.06. The Morgan fingerprint density at radius 1 is 1.24 bits per heavy atom. The van der Waals surface area contributed by atoms with Gasteiger partial charge in [0, 0.05) is 31.0 Å². The second-order valence-corrected chi connectivity index (χ2v) is 6.85. The molecule has 1 saturated heterocycles. The highest BCUT2D eigenvalue weighted by atomic mass is 16.2. The first-order valence-electron chi connectivity index (χ1n) is 9.39. The topological polar surface area (TPSA) is 59.4 Å². The van der Waals surface area contributed by atoms with Crippen LogP contribution in [-0.4, -0.2) is 43.5 Å². The molecule has 1 aromatic carbocycles. The minimum absolute atomic E-state index is 0.0329. The van der Waals surface area contributed by atoms with Crippen molar-refractivity contribution < 1.29 is 4.79 Å². The zero-order valence-corrected chi connectivity index (χ0v) is 15.5. The highest BCUT2D eigenvalue weighted by molar-refractivity contribution is 5.92. The van der Waals surface area contributed by atoms with Crippen molar-refractivity contribution in [2.24, 2.45) is 5.92 Å². The lowest BCUT2D eigenvalue weighted by Crippen LogP contribution is -2.35. The molecule has 1 heterocycles. The summed E-state index contributed by atoms with van der Waals surface area (Å²) < 4.78 is 0. The minimum Gasteiger partial charge on any atom is -0.372 e. The normalized spacial score (nSPS) is 16.2. The molecule has 1 fully saturated rings. The Hall–Kier alpha value is -2.06. The van der Waals surface area contributed by atoms with Crippen LogP contribution >= 0.6 is 0 Å². The fraction of sp³-hybridized carbons (Fsp3) is 0.600. The Balaban J connectivity index is 1.87. The maximum Gasteiger partial charge on any atom is 0.238 e. The van der Waals surface area contributed by atoms with Crippen molar-refractivity contribution in [2.75, 3.05) is 42.9 Å². The molecule has 136 valence electrons. The van der Waals surface area contributed by atoms with Crippen LogP contribution in [0.1, 0.15) is 39.5 Å². The van der Waals surface area contributed by atoms with E-state index in [9.17, 15) is 4.79 Å². The Kier molecular flexibility index (Phi) is 7.75. The summed E-state index contributed by atoms with van der Waals surface area (Å²) >= 11 is 0. The maximum atomic E-state index is 12.2. The number of hydrogen-bond acceptors (Lipinski definition) is 4. The number of benzene rings is 1. The number of carbonyl (C=O) groups excluding carboxylic acids is 1. The van der Waals surface area contributed by atoms with Crippen LogP contribution < -0.4 is 10.2 Å². The van der Waals surface area contributed by atoms with Crippen LogP contribution in [0.15, 0.2) is 24.3 Å². The second kappa shape index (κ2) is 10.0. The van der Waals surface area contributed by atoms with Crippen molar-refractivity contribution in [3.8, 4) is 6.07 Å². The zero-order valence-electron chi connectivity index (χ0n) is 15.5. The van der Waals surface area contributed by atoms with Gasteiger partial charge in [0.05, 0.1) is 18.5 Å². The van der Waals surface area contributed by atoms with Gasteiger partial charge in [0.1, 0.15) is 0 Å². The van der Waals surface area contributed by atoms with Crippen LogP contribution in [0.3, 0.4) is 0 Å². The molecule has 1 aromatic rings. The van der Waals surface area contributed by atoms with Gasteiger partial charge < -0.3 is 10.2 Å². The van der Waals surface area contributed by atoms with E-state index in [1.165, 1.54) is 31.4 Å². The first kappa shape index (κ1) is 19.3. The third-order valence-corrected chi connectivity index (χ3v) is 4.69. The maximum absolute atomic E-state index is 12.2. The lowest BCUT2D eigenvalue weighted by atomic mass is 10.2. The van der Waals surface area contributed by atoms with Crippen LogP contribution in [0, 0.1) is 17.2 Å². The SMILES string of the molecule is CCN(CC(=O)Nc1ccc(N2CCCCCC2)cc1)CC(C)C#N. The quantitative estimate of drug-likeness (QED) is 0.824. The third kappa shape index (κ3) is 6.39. The summed E-state index contributed by atoms with van der Waals surface area (Å²) in [5.74, 6) is -0.102. The first-order valence-corrected chi connectivity index (χ1v) is 9.39. The van der Waals surface area contributed by atoms with E-state index in [2.05, 4.69) is 28.4 Å². The third-order valence-electron chi connectivity index (χ3n) is 4.69. The summed E-state index contributed by atoms with van der Waals surface area (Å²) in [5, 5.41) is 11.9. The lowest BCUT2D eigenvalue weighted by molar-refractivity contribution is -0.117. The lowest BCUT2D eigenvalue weighted by Gasteiger charge is -2.23. The van der Waals surface area contributed by atoms with Crippen molar-refractivity contribution in [2.45, 2.75) is 39.5 Å². The summed E-state index contributed by atoms with van der Waals surface area (Å²) in [7, 11) is 0. The molecule has 2 rings (SSSR count). The average molecular weight is 342 g/mol. The second-order valence-electron chi connectivity index (χ2n) is 6.85. The number of amides is 1. The van der Waals surface area contributed by atoms with E-state index in [-0.39, 0.29) is 11.8 Å². The van der Waals surface area contributed by atoms with E-state index in [1.54, 1.807) is 0 Å². The van der Waals surface area contributed by atoms with Gasteiger partial charge in [-0.15, -0.1) is 0 Å². The van der Waals surface area contributed by atoms with Crippen molar-refractivity contribution >= 4 is 17.3 Å². The molecule has 1 aliphatic heterocycles. The van der Waals surface area contributed by atoms with Gasteiger partial charge in [-0.25, -0.2) is 0 Å². The molecule has 0 aromatic heterocycles. The largest absolute Gasteiger partial charge is 0.372 e. The molecule has 1 amide bonds. The predicted octanol–water partition coefficient (Wildman–Crippen LogP) is 3.49. The van der Waals surface area contributed by atoms with Crippen LogP contribution in [0.25, 0.3) is 0 Å². The number of rotatable bonds is 7. The fourth-order valence-corrected chi connectivity index (χ4v) is 3.22. The minimum atomic E-state index is -0.0688. The molecule has 0 aliphatic carbocycles. The van der Waals surface area contributed by atoms with Crippen LogP contribution in [0.2, 0.25) is 0 Å². The number of hydrogen-bond donors (Lipinski definition) is 1. The van der Waals surface area contributed by atoms with E-state index < -0.39 is 0 Å². The summed E-state index contributed by atoms with van der Waals surface area (Å²) in [6.07, 6.45) is 5.16. The number of likely N-dealkylation sites (N-methyl/N-ethyl adjacent to an activating group) is 1. The van der Waals surface area contributed by atoms with Crippen molar-refractivity contribution in [1.82, 2.24) is 4.90 Å². The molecule has 0 bridgehead atoms. The van der Waals surface area contributed by atoms with Gasteiger partial charge in [0.15, 0.2) is 0 Å². The molecule has 1 atom stereocenters. The number of anilines is 2. The molecule has 0 saturated carbocycles. The van der Waals surface area contributed by atoms with Gasteiger partial charge in [0.25, 0.3) is 0 Å². The molecule has 5 nitrogen and oxygen atoms in total. The fourth-order valence-electron chi connectivity index (χ4n) is 3.22. The predicted molar refractivity (Wildman–Crippen MR) is 103 cm³/mol. The van der Waals surface area contributed by atoms with E-state index in [0.29, 0.717) is 13.1 Å². The standard InChI is InChI=1S/C20H30N4O/c1-3-23(15-17(2)14-21)16-20(25)22-18-8-10-19(11-9-18)24-12-6-4-5-7-13-24/h8-11,17H,3-7,12-13,15-16H2,1-2H3,(H,22,25). The van der Waals surface area contributed by atoms with E-state index in [1.807, 2.05) is 30.9 Å². The smallest absolute Gasteiger partial charge is 0.238 e. The molecule has 5 heteroatoms. The summed E-state index contributed by atoms with van der Waals surface area (Å²) in [4.78, 5) is 16.7. The number of nitriles is 1. The molecular formula is C20H30N4O. The van der Waals surface area contributed by atoms with Crippen molar-refractivity contribution in [3.05, 3.63) is 24.3 Å². The number of carbonyl (C=O) groups is 1. The Morgan fingerprint density at radius 2 is 1.88 bits per heavy atom. The first-order chi connectivity index (χ1) is 12.1. The number of nitrogens with one attached hydrogen (secondary N) is 1. The average Bonchev–Trinajstić information content (AvgIpc) is 2.91. The Morgan fingerprint density at radius 3 is 2.44 bits per heavy atom. The number of nitrogens with zero attached hydrogens (tertiary/aromatic N) is 3. The highest BCUT2D eigenvalue weighted by Gasteiger charge is 2.13. The van der Waals surface area contributed by atoms with Gasteiger partial charge >= 0.3 is 0 Å². The van der Waals surface area contributed by atoms with Gasteiger partial charge in [0.2, 0.25) is 5.91 Å². The zero-order chi connectivity index (χ0) is 18.1. The Bertz CT molecular complexity index is 570.